The van der Waals surface area contributed by atoms with Crippen LogP contribution in [0.25, 0.3) is 11.0 Å². The first-order valence-electron chi connectivity index (χ1n) is 13.2. The van der Waals surface area contributed by atoms with Gasteiger partial charge in [-0.15, -0.1) is 0 Å². The van der Waals surface area contributed by atoms with Crippen molar-refractivity contribution >= 4 is 49.9 Å². The van der Waals surface area contributed by atoms with Gasteiger partial charge in [0.1, 0.15) is 21.1 Å². The van der Waals surface area contributed by atoms with Gasteiger partial charge in [-0.1, -0.05) is 31.5 Å². The highest BCUT2D eigenvalue weighted by Crippen LogP contribution is 2.51. The van der Waals surface area contributed by atoms with E-state index in [2.05, 4.69) is 35.1 Å². The van der Waals surface area contributed by atoms with Crippen molar-refractivity contribution in [2.75, 3.05) is 28.3 Å². The van der Waals surface area contributed by atoms with Crippen LogP contribution in [-0.2, 0) is 9.84 Å². The van der Waals surface area contributed by atoms with Gasteiger partial charge in [0, 0.05) is 23.6 Å². The lowest BCUT2D eigenvalue weighted by atomic mass is 9.63. The van der Waals surface area contributed by atoms with Gasteiger partial charge in [0.2, 0.25) is 0 Å². The Balaban J connectivity index is 1.56. The molecule has 0 radical (unpaired) electrons. The number of benzene rings is 1. The standard InChI is InChI=1S/C28H31ClN6O4S/c1-15(2)25-28(7-9-40(38,39)10-8-28)14-35(25)26-21(13-30)32-20-12-16(3)11-18(23(20)34-26)17(4)31-19-5-6-22(29)33-24(19)27(36)37/h5-6,11-12,15,17,25,31H,7-10,14H2,1-4H3,(H,36,37)/t17-,25?/m1/s1. The minimum Gasteiger partial charge on any atom is -0.476 e. The molecule has 4 heterocycles. The Morgan fingerprint density at radius 3 is 2.52 bits per heavy atom. The van der Waals surface area contributed by atoms with Crippen molar-refractivity contribution in [3.8, 4) is 6.07 Å². The van der Waals surface area contributed by atoms with Crippen molar-refractivity contribution < 1.29 is 18.3 Å². The molecule has 40 heavy (non-hydrogen) atoms. The third kappa shape index (κ3) is 4.95. The maximum absolute atomic E-state index is 12.2. The first-order chi connectivity index (χ1) is 18.8. The summed E-state index contributed by atoms with van der Waals surface area (Å²) in [5, 5.41) is 23.0. The van der Waals surface area contributed by atoms with Crippen LogP contribution in [0.3, 0.4) is 0 Å². The number of pyridine rings is 1. The summed E-state index contributed by atoms with van der Waals surface area (Å²) in [5.41, 5.74) is 3.10. The molecule has 12 heteroatoms. The predicted octanol–water partition coefficient (Wildman–Crippen LogP) is 4.77. The number of carboxylic acids is 1. The second kappa shape index (κ2) is 10.2. The first kappa shape index (κ1) is 28.1. The van der Waals surface area contributed by atoms with Gasteiger partial charge in [-0.2, -0.15) is 5.26 Å². The van der Waals surface area contributed by atoms with Crippen LogP contribution < -0.4 is 10.2 Å². The van der Waals surface area contributed by atoms with E-state index in [1.165, 1.54) is 6.07 Å². The SMILES string of the molecule is Cc1cc([C@@H](C)Nc2ccc(Cl)nc2C(=O)O)c2nc(N3CC4(CCS(=O)(=O)CC4)C3C(C)C)c(C#N)nc2c1. The zero-order valence-electron chi connectivity index (χ0n) is 22.8. The van der Waals surface area contributed by atoms with Crippen LogP contribution in [-0.4, -0.2) is 58.5 Å². The second-order valence-corrected chi connectivity index (χ2v) is 14.0. The van der Waals surface area contributed by atoms with Crippen molar-refractivity contribution in [3.63, 3.8) is 0 Å². The summed E-state index contributed by atoms with van der Waals surface area (Å²) in [6, 6.07) is 8.82. The first-order valence-corrected chi connectivity index (χ1v) is 15.4. The molecule has 0 bridgehead atoms. The highest BCUT2D eigenvalue weighted by molar-refractivity contribution is 7.91. The Morgan fingerprint density at radius 1 is 1.20 bits per heavy atom. The maximum atomic E-state index is 12.2. The van der Waals surface area contributed by atoms with E-state index in [4.69, 9.17) is 21.6 Å². The Hall–Kier alpha value is -3.49. The number of aromatic carboxylic acids is 1. The summed E-state index contributed by atoms with van der Waals surface area (Å²) in [6.07, 6.45) is 1.20. The van der Waals surface area contributed by atoms with Crippen LogP contribution in [0.1, 0.15) is 67.0 Å². The molecule has 210 valence electrons. The number of hydrogen-bond donors (Lipinski definition) is 2. The number of aryl methyl sites for hydroxylation is 1. The number of sulfone groups is 1. The topological polar surface area (TPSA) is 149 Å². The molecule has 2 atom stereocenters. The molecule has 2 N–H and O–H groups in total. The monoisotopic (exact) mass is 582 g/mol. The average Bonchev–Trinajstić information content (AvgIpc) is 2.87. The third-order valence-electron chi connectivity index (χ3n) is 8.11. The summed E-state index contributed by atoms with van der Waals surface area (Å²) in [7, 11) is -3.01. The number of carbonyl (C=O) groups is 1. The third-order valence-corrected chi connectivity index (χ3v) is 9.97. The number of fused-ring (bicyclic) bond motifs is 1. The Morgan fingerprint density at radius 2 is 1.90 bits per heavy atom. The van der Waals surface area contributed by atoms with Crippen molar-refractivity contribution in [1.82, 2.24) is 15.0 Å². The van der Waals surface area contributed by atoms with Crippen molar-refractivity contribution in [2.45, 2.75) is 52.6 Å². The molecule has 2 aliphatic heterocycles. The molecule has 2 fully saturated rings. The molecule has 0 aliphatic carbocycles. The summed E-state index contributed by atoms with van der Waals surface area (Å²) in [4.78, 5) is 27.6. The fourth-order valence-electron chi connectivity index (χ4n) is 6.38. The highest BCUT2D eigenvalue weighted by atomic mass is 35.5. The zero-order valence-corrected chi connectivity index (χ0v) is 24.3. The van der Waals surface area contributed by atoms with Gasteiger partial charge in [-0.3, -0.25) is 0 Å². The molecule has 1 unspecified atom stereocenters. The minimum atomic E-state index is -3.01. The van der Waals surface area contributed by atoms with Crippen molar-refractivity contribution in [3.05, 3.63) is 51.9 Å². The van der Waals surface area contributed by atoms with Crippen LogP contribution in [0.5, 0.6) is 0 Å². The Bertz CT molecular complexity index is 1660. The number of rotatable bonds is 6. The maximum Gasteiger partial charge on any atom is 0.356 e. The largest absolute Gasteiger partial charge is 0.476 e. The van der Waals surface area contributed by atoms with Gasteiger partial charge < -0.3 is 15.3 Å². The fourth-order valence-corrected chi connectivity index (χ4v) is 8.16. The number of nitrogens with zero attached hydrogens (tertiary/aromatic N) is 5. The lowest BCUT2D eigenvalue weighted by Crippen LogP contribution is -2.69. The van der Waals surface area contributed by atoms with Gasteiger partial charge in [0.05, 0.1) is 34.3 Å². The molecule has 0 saturated carbocycles. The summed E-state index contributed by atoms with van der Waals surface area (Å²) in [6.45, 7) is 8.67. The molecule has 2 aliphatic rings. The highest BCUT2D eigenvalue weighted by Gasteiger charge is 2.56. The predicted molar refractivity (Wildman–Crippen MR) is 154 cm³/mol. The molecule has 10 nitrogen and oxygen atoms in total. The molecule has 2 saturated heterocycles. The molecule has 1 aromatic carbocycles. The van der Waals surface area contributed by atoms with Crippen molar-refractivity contribution in [2.24, 2.45) is 11.3 Å². The van der Waals surface area contributed by atoms with E-state index in [0.717, 1.165) is 11.1 Å². The van der Waals surface area contributed by atoms with Gasteiger partial charge >= 0.3 is 5.97 Å². The van der Waals surface area contributed by atoms with Crippen molar-refractivity contribution in [1.29, 1.82) is 5.26 Å². The zero-order chi connectivity index (χ0) is 29.0. The average molecular weight is 583 g/mol. The number of halogens is 1. The Kier molecular flexibility index (Phi) is 7.13. The van der Waals surface area contributed by atoms with Gasteiger partial charge in [-0.05, 0) is 56.4 Å². The number of hydrogen-bond acceptors (Lipinski definition) is 9. The minimum absolute atomic E-state index is 0.0320. The van der Waals surface area contributed by atoms with Crippen LogP contribution in [0, 0.1) is 29.6 Å². The molecule has 2 aromatic heterocycles. The summed E-state index contributed by atoms with van der Waals surface area (Å²) in [5.74, 6) is -0.131. The molecule has 3 aromatic rings. The lowest BCUT2D eigenvalue weighted by molar-refractivity contribution is 0.0691. The van der Waals surface area contributed by atoms with E-state index in [9.17, 15) is 23.6 Å². The number of nitriles is 1. The van der Waals surface area contributed by atoms with Crippen LogP contribution in [0.4, 0.5) is 11.5 Å². The summed E-state index contributed by atoms with van der Waals surface area (Å²) >= 11 is 5.93. The number of anilines is 2. The van der Waals surface area contributed by atoms with E-state index >= 15 is 0 Å². The number of aromatic nitrogens is 3. The molecule has 5 rings (SSSR count). The number of carboxylic acid groups (broad SMARTS) is 1. The fraction of sp³-hybridized carbons (Fsp3) is 0.464. The lowest BCUT2D eigenvalue weighted by Gasteiger charge is -2.61. The smallest absolute Gasteiger partial charge is 0.356 e. The van der Waals surface area contributed by atoms with E-state index in [-0.39, 0.29) is 51.5 Å². The van der Waals surface area contributed by atoms with Gasteiger partial charge in [-0.25, -0.2) is 28.2 Å². The second-order valence-electron chi connectivity index (χ2n) is 11.3. The normalized spacial score (nSPS) is 20.2. The molecule has 1 spiro atoms. The van der Waals surface area contributed by atoms with Crippen LogP contribution in [0.15, 0.2) is 24.3 Å². The van der Waals surface area contributed by atoms with Gasteiger partial charge in [0.15, 0.2) is 17.2 Å². The van der Waals surface area contributed by atoms with E-state index in [1.807, 2.05) is 26.0 Å². The van der Waals surface area contributed by atoms with Crippen LogP contribution >= 0.6 is 11.6 Å². The molecular weight excluding hydrogens is 552 g/mol. The van der Waals surface area contributed by atoms with Gasteiger partial charge in [0.25, 0.3) is 0 Å². The summed E-state index contributed by atoms with van der Waals surface area (Å²) < 4.78 is 24.3. The van der Waals surface area contributed by atoms with E-state index in [0.29, 0.717) is 41.9 Å². The Labute approximate surface area is 238 Å². The number of nitrogens with one attached hydrogen (secondary N) is 1. The van der Waals surface area contributed by atoms with E-state index in [1.54, 1.807) is 6.07 Å². The quantitative estimate of drug-likeness (QED) is 0.389. The molecule has 0 amide bonds. The molecular formula is C28H31ClN6O4S. The van der Waals surface area contributed by atoms with Crippen LogP contribution in [0.2, 0.25) is 5.15 Å². The van der Waals surface area contributed by atoms with E-state index < -0.39 is 15.8 Å².